The Bertz CT molecular complexity index is 684. The number of fused-ring (bicyclic) bond motifs is 1. The number of benzene rings is 2. The van der Waals surface area contributed by atoms with Crippen LogP contribution in [0, 0.1) is 0 Å². The maximum atomic E-state index is 12.5. The second-order valence-electron chi connectivity index (χ2n) is 5.37. The van der Waals surface area contributed by atoms with E-state index in [1.807, 2.05) is 12.1 Å². The summed E-state index contributed by atoms with van der Waals surface area (Å²) in [5.41, 5.74) is 9.29. The highest BCUT2D eigenvalue weighted by atomic mass is 35.5. The van der Waals surface area contributed by atoms with Gasteiger partial charge in [0.1, 0.15) is 0 Å². The van der Waals surface area contributed by atoms with Gasteiger partial charge in [-0.15, -0.1) is 0 Å². The molecule has 21 heavy (non-hydrogen) atoms. The highest BCUT2D eigenvalue weighted by molar-refractivity contribution is 6.33. The first kappa shape index (κ1) is 14.0. The number of hydrogen-bond donors (Lipinski definition) is 2. The van der Waals surface area contributed by atoms with E-state index in [0.717, 1.165) is 24.8 Å². The first-order valence-corrected chi connectivity index (χ1v) is 7.46. The van der Waals surface area contributed by atoms with Crippen LogP contribution in [0.5, 0.6) is 0 Å². The summed E-state index contributed by atoms with van der Waals surface area (Å²) < 4.78 is 0. The van der Waals surface area contributed by atoms with E-state index in [1.54, 1.807) is 18.2 Å². The maximum absolute atomic E-state index is 12.5. The van der Waals surface area contributed by atoms with Crippen LogP contribution in [0.3, 0.4) is 0 Å². The number of carbonyl (C=O) groups excluding carboxylic acids is 1. The number of nitrogens with two attached hydrogens (primary N) is 1. The van der Waals surface area contributed by atoms with Gasteiger partial charge in [-0.2, -0.15) is 0 Å². The van der Waals surface area contributed by atoms with Gasteiger partial charge in [-0.25, -0.2) is 0 Å². The van der Waals surface area contributed by atoms with Crippen LogP contribution in [-0.2, 0) is 11.2 Å². The quantitative estimate of drug-likeness (QED) is 0.824. The third-order valence-electron chi connectivity index (χ3n) is 3.95. The molecule has 0 spiro atoms. The van der Waals surface area contributed by atoms with Crippen LogP contribution in [0.4, 0.5) is 11.4 Å². The topological polar surface area (TPSA) is 55.1 Å². The molecule has 3 rings (SSSR count). The minimum atomic E-state index is -0.0914. The van der Waals surface area contributed by atoms with Gasteiger partial charge in [0.2, 0.25) is 5.91 Å². The highest BCUT2D eigenvalue weighted by Gasteiger charge is 2.26. The van der Waals surface area contributed by atoms with Gasteiger partial charge < -0.3 is 11.1 Å². The van der Waals surface area contributed by atoms with Crippen molar-refractivity contribution < 1.29 is 4.79 Å². The fourth-order valence-corrected chi connectivity index (χ4v) is 3.04. The van der Waals surface area contributed by atoms with Crippen LogP contribution in [0.15, 0.2) is 42.5 Å². The molecular formula is C17H17ClN2O. The molecule has 1 aliphatic rings. The van der Waals surface area contributed by atoms with Crippen LogP contribution in [0.1, 0.15) is 29.9 Å². The molecule has 2 aromatic rings. The van der Waals surface area contributed by atoms with Crippen molar-refractivity contribution in [1.82, 2.24) is 0 Å². The average Bonchev–Trinajstić information content (AvgIpc) is 2.50. The highest BCUT2D eigenvalue weighted by Crippen LogP contribution is 2.32. The molecule has 0 bridgehead atoms. The third kappa shape index (κ3) is 2.88. The molecule has 1 atom stereocenters. The molecule has 1 aliphatic carbocycles. The molecule has 1 unspecified atom stereocenters. The molecule has 3 nitrogen and oxygen atoms in total. The van der Waals surface area contributed by atoms with Crippen molar-refractivity contribution in [2.45, 2.75) is 25.2 Å². The molecule has 0 saturated carbocycles. The first-order chi connectivity index (χ1) is 10.1. The van der Waals surface area contributed by atoms with E-state index < -0.39 is 0 Å². The van der Waals surface area contributed by atoms with Crippen molar-refractivity contribution in [2.24, 2.45) is 0 Å². The Labute approximate surface area is 129 Å². The molecule has 0 saturated heterocycles. The van der Waals surface area contributed by atoms with Crippen LogP contribution in [0.25, 0.3) is 0 Å². The summed E-state index contributed by atoms with van der Waals surface area (Å²) in [6, 6.07) is 13.3. The number of nitrogen functional groups attached to an aromatic ring is 1. The summed E-state index contributed by atoms with van der Waals surface area (Å²) in [5, 5.41) is 3.40. The number of nitrogens with one attached hydrogen (secondary N) is 1. The molecule has 0 fully saturated rings. The maximum Gasteiger partial charge on any atom is 0.231 e. The van der Waals surface area contributed by atoms with Crippen LogP contribution in [0.2, 0.25) is 5.02 Å². The molecule has 0 aromatic heterocycles. The van der Waals surface area contributed by atoms with E-state index in [1.165, 1.54) is 5.56 Å². The number of hydrogen-bond acceptors (Lipinski definition) is 2. The normalized spacial score (nSPS) is 17.1. The van der Waals surface area contributed by atoms with Crippen molar-refractivity contribution in [3.63, 3.8) is 0 Å². The lowest BCUT2D eigenvalue weighted by atomic mass is 9.82. The second-order valence-corrected chi connectivity index (χ2v) is 5.78. The minimum absolute atomic E-state index is 0.0167. The van der Waals surface area contributed by atoms with E-state index in [2.05, 4.69) is 17.4 Å². The van der Waals surface area contributed by atoms with E-state index in [0.29, 0.717) is 16.4 Å². The molecule has 4 heteroatoms. The number of rotatable bonds is 2. The molecule has 0 radical (unpaired) electrons. The summed E-state index contributed by atoms with van der Waals surface area (Å²) in [7, 11) is 0. The molecule has 1 amide bonds. The van der Waals surface area contributed by atoms with Crippen LogP contribution < -0.4 is 11.1 Å². The number of anilines is 2. The molecule has 2 aromatic carbocycles. The van der Waals surface area contributed by atoms with Crippen LogP contribution >= 0.6 is 11.6 Å². The zero-order valence-electron chi connectivity index (χ0n) is 11.6. The fourth-order valence-electron chi connectivity index (χ4n) is 2.86. The fraction of sp³-hybridized carbons (Fsp3) is 0.235. The molecular weight excluding hydrogens is 284 g/mol. The van der Waals surface area contributed by atoms with Crippen molar-refractivity contribution in [3.8, 4) is 0 Å². The van der Waals surface area contributed by atoms with Gasteiger partial charge >= 0.3 is 0 Å². The average molecular weight is 301 g/mol. The Kier molecular flexibility index (Phi) is 3.84. The number of halogens is 1. The number of amides is 1. The van der Waals surface area contributed by atoms with E-state index >= 15 is 0 Å². The van der Waals surface area contributed by atoms with Gasteiger partial charge in [-0.3, -0.25) is 4.79 Å². The first-order valence-electron chi connectivity index (χ1n) is 7.09. The summed E-state index contributed by atoms with van der Waals surface area (Å²) in [5.74, 6) is -0.0748. The number of carbonyl (C=O) groups is 1. The SMILES string of the molecule is Nc1ccc(NC(=O)C2CCCc3ccccc32)cc1Cl. The van der Waals surface area contributed by atoms with Crippen molar-refractivity contribution in [1.29, 1.82) is 0 Å². The Balaban J connectivity index is 1.81. The van der Waals surface area contributed by atoms with Crippen molar-refractivity contribution in [2.75, 3.05) is 11.1 Å². The van der Waals surface area contributed by atoms with Gasteiger partial charge in [0, 0.05) is 5.69 Å². The zero-order valence-corrected chi connectivity index (χ0v) is 12.4. The lowest BCUT2D eigenvalue weighted by Gasteiger charge is -2.24. The van der Waals surface area contributed by atoms with Gasteiger partial charge in [0.25, 0.3) is 0 Å². The minimum Gasteiger partial charge on any atom is -0.398 e. The predicted octanol–water partition coefficient (Wildman–Crippen LogP) is 3.98. The Morgan fingerprint density at radius 2 is 2.05 bits per heavy atom. The monoisotopic (exact) mass is 300 g/mol. The predicted molar refractivity (Wildman–Crippen MR) is 86.6 cm³/mol. The van der Waals surface area contributed by atoms with E-state index in [-0.39, 0.29) is 11.8 Å². The summed E-state index contributed by atoms with van der Waals surface area (Å²) in [6.45, 7) is 0. The zero-order chi connectivity index (χ0) is 14.8. The van der Waals surface area contributed by atoms with Gasteiger partial charge in [-0.1, -0.05) is 35.9 Å². The lowest BCUT2D eigenvalue weighted by Crippen LogP contribution is -2.24. The largest absolute Gasteiger partial charge is 0.398 e. The van der Waals surface area contributed by atoms with E-state index in [4.69, 9.17) is 17.3 Å². The second kappa shape index (κ2) is 5.78. The Morgan fingerprint density at radius 1 is 1.24 bits per heavy atom. The molecule has 0 heterocycles. The Morgan fingerprint density at radius 3 is 2.86 bits per heavy atom. The summed E-state index contributed by atoms with van der Waals surface area (Å²) in [4.78, 5) is 12.5. The Hall–Kier alpha value is -2.00. The molecule has 0 aliphatic heterocycles. The standard InChI is InChI=1S/C17H17ClN2O/c18-15-10-12(8-9-16(15)19)20-17(21)14-7-3-5-11-4-1-2-6-13(11)14/h1-2,4,6,8-10,14H,3,5,7,19H2,(H,20,21). The van der Waals surface area contributed by atoms with Gasteiger partial charge in [0.05, 0.1) is 16.6 Å². The third-order valence-corrected chi connectivity index (χ3v) is 4.28. The van der Waals surface area contributed by atoms with Gasteiger partial charge in [0.15, 0.2) is 0 Å². The van der Waals surface area contributed by atoms with E-state index in [9.17, 15) is 4.79 Å². The summed E-state index contributed by atoms with van der Waals surface area (Å²) in [6.07, 6.45) is 2.97. The lowest BCUT2D eigenvalue weighted by molar-refractivity contribution is -0.117. The van der Waals surface area contributed by atoms with Crippen molar-refractivity contribution in [3.05, 3.63) is 58.6 Å². The van der Waals surface area contributed by atoms with Crippen LogP contribution in [-0.4, -0.2) is 5.91 Å². The van der Waals surface area contributed by atoms with Gasteiger partial charge in [-0.05, 0) is 48.6 Å². The number of aryl methyl sites for hydroxylation is 1. The smallest absolute Gasteiger partial charge is 0.231 e. The summed E-state index contributed by atoms with van der Waals surface area (Å²) >= 11 is 5.99. The molecule has 3 N–H and O–H groups in total. The van der Waals surface area contributed by atoms with Crippen molar-refractivity contribution >= 4 is 28.9 Å². The molecule has 108 valence electrons.